The van der Waals surface area contributed by atoms with E-state index in [9.17, 15) is 18.7 Å². The molecule has 1 aliphatic heterocycles. The molecule has 6 aliphatic carbocycles. The molecule has 3 N–H and O–H groups in total. The lowest BCUT2D eigenvalue weighted by atomic mass is 9.32. The third-order valence-electron chi connectivity index (χ3n) is 17.8. The van der Waals surface area contributed by atoms with E-state index in [1.807, 2.05) is 12.1 Å². The summed E-state index contributed by atoms with van der Waals surface area (Å²) in [6.45, 7) is 17.1. The molecule has 1 aromatic rings. The number of allylic oxidation sites excluding steroid dienone is 2. The monoisotopic (exact) mass is 734 g/mol. The lowest BCUT2D eigenvalue weighted by Gasteiger charge is -2.72. The van der Waals surface area contributed by atoms with E-state index in [4.69, 9.17) is 4.74 Å². The van der Waals surface area contributed by atoms with Crippen molar-refractivity contribution in [2.75, 3.05) is 38.2 Å². The van der Waals surface area contributed by atoms with E-state index in [1.165, 1.54) is 69.6 Å². The van der Waals surface area contributed by atoms with Crippen molar-refractivity contribution in [1.82, 2.24) is 10.2 Å². The number of carbonyl (C=O) groups excluding carboxylic acids is 2. The second-order valence-electron chi connectivity index (χ2n) is 20.3. The molecule has 0 radical (unpaired) electrons. The van der Waals surface area contributed by atoms with Crippen LogP contribution in [0, 0.1) is 56.7 Å². The number of methoxy groups -OCH3 is 1. The van der Waals surface area contributed by atoms with Gasteiger partial charge >= 0.3 is 5.97 Å². The fraction of sp³-hybridized carbons (Fsp3) is 0.773. The summed E-state index contributed by atoms with van der Waals surface area (Å²) in [6.07, 6.45) is 16.0. The molecule has 0 spiro atoms. The van der Waals surface area contributed by atoms with E-state index < -0.39 is 10.6 Å². The third-order valence-corrected chi connectivity index (χ3v) is 19.5. The van der Waals surface area contributed by atoms with Crippen LogP contribution < -0.4 is 5.32 Å². The van der Waals surface area contributed by atoms with Crippen molar-refractivity contribution in [3.8, 4) is 0 Å². The van der Waals surface area contributed by atoms with Crippen LogP contribution in [-0.4, -0.2) is 69.7 Å². The maximum absolute atomic E-state index is 13.9. The summed E-state index contributed by atoms with van der Waals surface area (Å²) in [4.78, 5) is 28.2. The van der Waals surface area contributed by atoms with Gasteiger partial charge in [-0.15, -0.1) is 0 Å². The second-order valence-corrected chi connectivity index (χ2v) is 22.7. The Morgan fingerprint density at radius 3 is 2.17 bits per heavy atom. The van der Waals surface area contributed by atoms with Crippen molar-refractivity contribution >= 4 is 28.0 Å². The number of nitrogens with one attached hydrogen (secondary N) is 1. The Balaban J connectivity index is 1.07. The largest absolute Gasteiger partial charge is 0.465 e. The van der Waals surface area contributed by atoms with Crippen molar-refractivity contribution < 1.29 is 23.4 Å². The van der Waals surface area contributed by atoms with Gasteiger partial charge in [-0.1, -0.05) is 59.8 Å². The number of amides is 1. The first-order chi connectivity index (χ1) is 24.4. The highest BCUT2D eigenvalue weighted by atomic mass is 32.3. The number of benzene rings is 1. The molecule has 288 valence electrons. The highest BCUT2D eigenvalue weighted by Gasteiger charge is 2.72. The maximum atomic E-state index is 13.9. The molecule has 5 saturated carbocycles. The zero-order valence-corrected chi connectivity index (χ0v) is 33.9. The van der Waals surface area contributed by atoms with Crippen LogP contribution in [0.2, 0.25) is 0 Å². The Kier molecular flexibility index (Phi) is 8.78. The smallest absolute Gasteiger partial charge is 0.337 e. The SMILES string of the molecule is COC(=O)c1ccc(C2=CC[C@]3(C)[C@H]4CC[C@@H]5[C@H]6[C@H](C7(C)CC7)CC[C@]6(NC(=O)CN6CCS(O)(O)CC6)CC[C@@]5(C)[C@]4(C)CC[C@H]3C2(C)C)cc1. The van der Waals surface area contributed by atoms with Crippen molar-refractivity contribution in [2.45, 2.75) is 118 Å². The van der Waals surface area contributed by atoms with Crippen LogP contribution in [0.3, 0.4) is 0 Å². The fourth-order valence-electron chi connectivity index (χ4n) is 14.6. The van der Waals surface area contributed by atoms with Crippen LogP contribution in [0.4, 0.5) is 0 Å². The first kappa shape index (κ1) is 37.1. The molecule has 0 aromatic heterocycles. The Bertz CT molecular complexity index is 1620. The van der Waals surface area contributed by atoms with E-state index >= 15 is 0 Å². The standard InChI is InChI=1S/C44H66N2O5S/c1-39(2)31(29-8-10-30(11-9-29)38(48)51-7)14-17-41(4)34(39)16-18-43(6)35(41)13-12-33-37-32(40(3)20-21-40)15-19-44(37,23-22-42(33,43)5)45-36(47)28-46-24-26-52(49,50)27-25-46/h8-11,14,32-35,37,49-50H,12-13,15-28H2,1-7H3,(H,45,47)/t32-,33-,34+,35-,37-,41+,42-,43-,44+/m1/s1. The van der Waals surface area contributed by atoms with E-state index in [0.29, 0.717) is 71.7 Å². The molecular weight excluding hydrogens is 669 g/mol. The van der Waals surface area contributed by atoms with Crippen LogP contribution >= 0.6 is 10.6 Å². The summed E-state index contributed by atoms with van der Waals surface area (Å²) in [6, 6.07) is 8.08. The lowest BCUT2D eigenvalue weighted by Crippen LogP contribution is -2.68. The van der Waals surface area contributed by atoms with Gasteiger partial charge in [0.25, 0.3) is 0 Å². The molecule has 7 nitrogen and oxygen atoms in total. The van der Waals surface area contributed by atoms with Crippen molar-refractivity contribution in [1.29, 1.82) is 0 Å². The number of nitrogens with zero attached hydrogens (tertiary/aromatic N) is 1. The number of carbonyl (C=O) groups is 2. The van der Waals surface area contributed by atoms with Gasteiger partial charge in [0.1, 0.15) is 0 Å². The number of rotatable bonds is 6. The van der Waals surface area contributed by atoms with Crippen molar-refractivity contribution in [3.63, 3.8) is 0 Å². The first-order valence-electron chi connectivity index (χ1n) is 20.6. The van der Waals surface area contributed by atoms with Gasteiger partial charge in [-0.05, 0) is 151 Å². The molecule has 9 atom stereocenters. The van der Waals surface area contributed by atoms with Crippen molar-refractivity contribution in [3.05, 3.63) is 41.5 Å². The minimum atomic E-state index is -2.48. The van der Waals surface area contributed by atoms with Crippen LogP contribution in [-0.2, 0) is 9.53 Å². The van der Waals surface area contributed by atoms with Gasteiger partial charge in [0, 0.05) is 18.6 Å². The van der Waals surface area contributed by atoms with Gasteiger partial charge in [-0.25, -0.2) is 4.79 Å². The van der Waals surface area contributed by atoms with Crippen molar-refractivity contribution in [2.24, 2.45) is 56.7 Å². The van der Waals surface area contributed by atoms with Gasteiger partial charge in [0.2, 0.25) is 5.91 Å². The quantitative estimate of drug-likeness (QED) is 0.252. The predicted molar refractivity (Wildman–Crippen MR) is 210 cm³/mol. The average molecular weight is 735 g/mol. The third kappa shape index (κ3) is 5.52. The zero-order valence-electron chi connectivity index (χ0n) is 33.1. The van der Waals surface area contributed by atoms with Gasteiger partial charge in [-0.2, -0.15) is 10.6 Å². The van der Waals surface area contributed by atoms with Crippen LogP contribution in [0.1, 0.15) is 128 Å². The molecule has 0 bridgehead atoms. The molecule has 8 heteroatoms. The Labute approximate surface area is 314 Å². The number of fused-ring (bicyclic) bond motifs is 7. The molecule has 1 heterocycles. The van der Waals surface area contributed by atoms with Gasteiger partial charge < -0.3 is 10.1 Å². The van der Waals surface area contributed by atoms with E-state index in [1.54, 1.807) is 0 Å². The molecule has 8 rings (SSSR count). The molecule has 6 fully saturated rings. The molecule has 52 heavy (non-hydrogen) atoms. The fourth-order valence-corrected chi connectivity index (χ4v) is 15.9. The Morgan fingerprint density at radius 1 is 0.827 bits per heavy atom. The number of esters is 1. The van der Waals surface area contributed by atoms with E-state index in [-0.39, 0.29) is 39.1 Å². The normalized spacial score (nSPS) is 43.4. The Hall–Kier alpha value is -1.87. The molecule has 1 amide bonds. The van der Waals surface area contributed by atoms with Gasteiger partial charge in [-0.3, -0.25) is 18.8 Å². The summed E-state index contributed by atoms with van der Waals surface area (Å²) in [5, 5.41) is 3.79. The van der Waals surface area contributed by atoms with E-state index in [2.05, 4.69) is 70.0 Å². The van der Waals surface area contributed by atoms with Gasteiger partial charge in [0.05, 0.1) is 30.7 Å². The minimum Gasteiger partial charge on any atom is -0.465 e. The highest BCUT2D eigenvalue weighted by Crippen LogP contribution is 2.78. The summed E-state index contributed by atoms with van der Waals surface area (Å²) < 4.78 is 25.3. The van der Waals surface area contributed by atoms with Crippen LogP contribution in [0.15, 0.2) is 30.3 Å². The number of ether oxygens (including phenoxy) is 1. The molecule has 1 saturated heterocycles. The highest BCUT2D eigenvalue weighted by molar-refractivity contribution is 8.24. The summed E-state index contributed by atoms with van der Waals surface area (Å²) in [5.41, 5.74) is 4.28. The maximum Gasteiger partial charge on any atom is 0.337 e. The van der Waals surface area contributed by atoms with Crippen LogP contribution in [0.25, 0.3) is 5.57 Å². The number of hydrogen-bond donors (Lipinski definition) is 3. The molecule has 1 aromatic carbocycles. The molecular formula is C44H66N2O5S. The topological polar surface area (TPSA) is 99.1 Å². The van der Waals surface area contributed by atoms with E-state index in [0.717, 1.165) is 19.3 Å². The summed E-state index contributed by atoms with van der Waals surface area (Å²) >= 11 is 0. The summed E-state index contributed by atoms with van der Waals surface area (Å²) in [5.74, 6) is 3.69. The summed E-state index contributed by atoms with van der Waals surface area (Å²) in [7, 11) is -1.04. The lowest BCUT2D eigenvalue weighted by molar-refractivity contribution is -0.222. The zero-order chi connectivity index (χ0) is 37.1. The first-order valence-corrected chi connectivity index (χ1v) is 22.5. The predicted octanol–water partition coefficient (Wildman–Crippen LogP) is 9.28. The Morgan fingerprint density at radius 2 is 1.52 bits per heavy atom. The minimum absolute atomic E-state index is 0.0213. The van der Waals surface area contributed by atoms with Crippen LogP contribution in [0.5, 0.6) is 0 Å². The number of hydrogen-bond acceptors (Lipinski definition) is 6. The van der Waals surface area contributed by atoms with Gasteiger partial charge in [0.15, 0.2) is 0 Å². The molecule has 7 aliphatic rings. The molecule has 0 unspecified atom stereocenters. The average Bonchev–Trinajstić information content (AvgIpc) is 3.72. The second kappa shape index (κ2) is 12.3.